The molecule has 3 heterocycles. The first-order chi connectivity index (χ1) is 15.1. The van der Waals surface area contributed by atoms with Crippen molar-refractivity contribution >= 4 is 28.2 Å². The van der Waals surface area contributed by atoms with Crippen LogP contribution in [0.4, 0.5) is 5.00 Å². The predicted molar refractivity (Wildman–Crippen MR) is 121 cm³/mol. The van der Waals surface area contributed by atoms with Crippen molar-refractivity contribution in [1.82, 2.24) is 9.88 Å². The number of rotatable bonds is 6. The maximum Gasteiger partial charge on any atom is 0.227 e. The van der Waals surface area contributed by atoms with E-state index in [1.54, 1.807) is 12.4 Å². The molecule has 1 aliphatic heterocycles. The SMILES string of the molecule is N#Cc1c(NC(=O)CCC2CCCCC2)sc2c1CCN(C(=O)Cc1cccnc1)C2. The van der Waals surface area contributed by atoms with E-state index in [1.807, 2.05) is 17.0 Å². The molecular weight excluding hydrogens is 408 g/mol. The Labute approximate surface area is 187 Å². The fourth-order valence-electron chi connectivity index (χ4n) is 4.61. The molecule has 0 bridgehead atoms. The van der Waals surface area contributed by atoms with Gasteiger partial charge in [0.25, 0.3) is 0 Å². The molecule has 0 atom stereocenters. The summed E-state index contributed by atoms with van der Waals surface area (Å²) in [5, 5.41) is 13.3. The first kappa shape index (κ1) is 21.5. The number of nitrogens with zero attached hydrogens (tertiary/aromatic N) is 3. The van der Waals surface area contributed by atoms with Gasteiger partial charge in [-0.2, -0.15) is 5.26 Å². The van der Waals surface area contributed by atoms with Gasteiger partial charge in [0, 0.05) is 30.2 Å². The number of amides is 2. The van der Waals surface area contributed by atoms with Gasteiger partial charge in [-0.1, -0.05) is 38.2 Å². The molecule has 1 fully saturated rings. The number of anilines is 1. The summed E-state index contributed by atoms with van der Waals surface area (Å²) in [6, 6.07) is 6.02. The van der Waals surface area contributed by atoms with E-state index in [1.165, 1.54) is 43.4 Å². The van der Waals surface area contributed by atoms with Gasteiger partial charge in [0.1, 0.15) is 11.1 Å². The number of nitrogens with one attached hydrogen (secondary N) is 1. The van der Waals surface area contributed by atoms with Crippen LogP contribution in [0, 0.1) is 17.2 Å². The quantitative estimate of drug-likeness (QED) is 0.725. The summed E-state index contributed by atoms with van der Waals surface area (Å²) in [7, 11) is 0. The fraction of sp³-hybridized carbons (Fsp3) is 0.500. The van der Waals surface area contributed by atoms with E-state index >= 15 is 0 Å². The molecule has 0 spiro atoms. The second kappa shape index (κ2) is 10.1. The van der Waals surface area contributed by atoms with Crippen LogP contribution in [-0.4, -0.2) is 28.2 Å². The summed E-state index contributed by atoms with van der Waals surface area (Å²) in [6.07, 6.45) is 12.1. The third kappa shape index (κ3) is 5.31. The second-order valence-corrected chi connectivity index (χ2v) is 9.62. The lowest BCUT2D eigenvalue weighted by Gasteiger charge is -2.27. The number of hydrogen-bond acceptors (Lipinski definition) is 5. The van der Waals surface area contributed by atoms with Gasteiger partial charge in [-0.25, -0.2) is 0 Å². The summed E-state index contributed by atoms with van der Waals surface area (Å²) in [4.78, 5) is 32.2. The molecule has 6 nitrogen and oxygen atoms in total. The Morgan fingerprint density at radius 3 is 2.87 bits per heavy atom. The van der Waals surface area contributed by atoms with E-state index in [2.05, 4.69) is 16.4 Å². The minimum atomic E-state index is -0.00909. The summed E-state index contributed by atoms with van der Waals surface area (Å²) >= 11 is 1.44. The Kier molecular flexibility index (Phi) is 6.98. The van der Waals surface area contributed by atoms with Crippen molar-refractivity contribution < 1.29 is 9.59 Å². The minimum absolute atomic E-state index is 0.00909. The largest absolute Gasteiger partial charge is 0.337 e. The van der Waals surface area contributed by atoms with Crippen LogP contribution in [0.1, 0.15) is 66.5 Å². The Hall–Kier alpha value is -2.72. The molecule has 31 heavy (non-hydrogen) atoms. The van der Waals surface area contributed by atoms with E-state index in [0.717, 1.165) is 22.4 Å². The van der Waals surface area contributed by atoms with Crippen molar-refractivity contribution in [3.05, 3.63) is 46.1 Å². The zero-order chi connectivity index (χ0) is 21.6. The van der Waals surface area contributed by atoms with Crippen LogP contribution >= 0.6 is 11.3 Å². The summed E-state index contributed by atoms with van der Waals surface area (Å²) in [6.45, 7) is 1.08. The molecule has 162 valence electrons. The highest BCUT2D eigenvalue weighted by molar-refractivity contribution is 7.16. The molecule has 0 radical (unpaired) electrons. The summed E-state index contributed by atoms with van der Waals surface area (Å²) in [5.74, 6) is 0.708. The average Bonchev–Trinajstić information content (AvgIpc) is 3.15. The lowest BCUT2D eigenvalue weighted by molar-refractivity contribution is -0.131. The van der Waals surface area contributed by atoms with Gasteiger partial charge in [-0.05, 0) is 36.0 Å². The monoisotopic (exact) mass is 436 g/mol. The molecule has 0 unspecified atom stereocenters. The number of nitriles is 1. The summed E-state index contributed by atoms with van der Waals surface area (Å²) < 4.78 is 0. The van der Waals surface area contributed by atoms with Crippen molar-refractivity contribution in [3.8, 4) is 6.07 Å². The van der Waals surface area contributed by atoms with Gasteiger partial charge >= 0.3 is 0 Å². The smallest absolute Gasteiger partial charge is 0.227 e. The molecule has 7 heteroatoms. The second-order valence-electron chi connectivity index (χ2n) is 8.51. The molecule has 2 aliphatic rings. The number of aromatic nitrogens is 1. The Balaban J connectivity index is 1.38. The molecule has 2 aromatic heterocycles. The Morgan fingerprint density at radius 1 is 1.29 bits per heavy atom. The van der Waals surface area contributed by atoms with E-state index in [9.17, 15) is 14.9 Å². The van der Waals surface area contributed by atoms with Crippen LogP contribution in [0.3, 0.4) is 0 Å². The van der Waals surface area contributed by atoms with Gasteiger partial charge in [0.15, 0.2) is 0 Å². The number of hydrogen-bond donors (Lipinski definition) is 1. The minimum Gasteiger partial charge on any atom is -0.337 e. The van der Waals surface area contributed by atoms with Gasteiger partial charge < -0.3 is 10.2 Å². The van der Waals surface area contributed by atoms with Crippen molar-refractivity contribution in [2.75, 3.05) is 11.9 Å². The van der Waals surface area contributed by atoms with Crippen molar-refractivity contribution in [1.29, 1.82) is 5.26 Å². The zero-order valence-electron chi connectivity index (χ0n) is 17.7. The van der Waals surface area contributed by atoms with Crippen LogP contribution in [0.2, 0.25) is 0 Å². The standard InChI is InChI=1S/C24H28N4O2S/c25-14-20-19-10-12-28(23(30)13-18-7-4-11-26-15-18)16-21(19)31-24(20)27-22(29)9-8-17-5-2-1-3-6-17/h4,7,11,15,17H,1-3,5-6,8-10,12-13,16H2,(H,27,29). The van der Waals surface area contributed by atoms with E-state index in [4.69, 9.17) is 0 Å². The van der Waals surface area contributed by atoms with Crippen molar-refractivity contribution in [2.24, 2.45) is 5.92 Å². The first-order valence-electron chi connectivity index (χ1n) is 11.1. The molecule has 0 aromatic carbocycles. The molecule has 1 aliphatic carbocycles. The number of carbonyl (C=O) groups excluding carboxylic acids is 2. The highest BCUT2D eigenvalue weighted by atomic mass is 32.1. The van der Waals surface area contributed by atoms with Crippen LogP contribution in [0.15, 0.2) is 24.5 Å². The van der Waals surface area contributed by atoms with Gasteiger partial charge in [0.05, 0.1) is 18.5 Å². The third-order valence-corrected chi connectivity index (χ3v) is 7.49. The predicted octanol–water partition coefficient (Wildman–Crippen LogP) is 4.44. The third-order valence-electron chi connectivity index (χ3n) is 6.36. The first-order valence-corrected chi connectivity index (χ1v) is 12.0. The lowest BCUT2D eigenvalue weighted by Crippen LogP contribution is -2.36. The molecule has 4 rings (SSSR count). The van der Waals surface area contributed by atoms with Gasteiger partial charge in [-0.3, -0.25) is 14.6 Å². The highest BCUT2D eigenvalue weighted by Crippen LogP contribution is 2.37. The fourth-order valence-corrected chi connectivity index (χ4v) is 5.84. The lowest BCUT2D eigenvalue weighted by atomic mass is 9.86. The highest BCUT2D eigenvalue weighted by Gasteiger charge is 2.27. The number of carbonyl (C=O) groups is 2. The topological polar surface area (TPSA) is 86.1 Å². The maximum atomic E-state index is 12.7. The molecule has 2 aromatic rings. The Morgan fingerprint density at radius 2 is 2.13 bits per heavy atom. The molecule has 2 amide bonds. The molecular formula is C24H28N4O2S. The molecule has 1 N–H and O–H groups in total. The summed E-state index contributed by atoms with van der Waals surface area (Å²) in [5.41, 5.74) is 2.46. The van der Waals surface area contributed by atoms with Gasteiger partial charge in [-0.15, -0.1) is 11.3 Å². The van der Waals surface area contributed by atoms with E-state index < -0.39 is 0 Å². The average molecular weight is 437 g/mol. The zero-order valence-corrected chi connectivity index (χ0v) is 18.5. The number of thiophene rings is 1. The van der Waals surface area contributed by atoms with Gasteiger partial charge in [0.2, 0.25) is 11.8 Å². The molecule has 0 saturated heterocycles. The number of fused-ring (bicyclic) bond motifs is 1. The van der Waals surface area contributed by atoms with Crippen LogP contribution < -0.4 is 5.32 Å². The van der Waals surface area contributed by atoms with Crippen LogP contribution in [0.5, 0.6) is 0 Å². The molecule has 1 saturated carbocycles. The van der Waals surface area contributed by atoms with Crippen molar-refractivity contribution in [3.63, 3.8) is 0 Å². The maximum absolute atomic E-state index is 12.7. The Bertz CT molecular complexity index is 973. The van der Waals surface area contributed by atoms with Crippen LogP contribution in [0.25, 0.3) is 0 Å². The number of pyridine rings is 1. The van der Waals surface area contributed by atoms with E-state index in [-0.39, 0.29) is 11.8 Å². The van der Waals surface area contributed by atoms with Crippen molar-refractivity contribution in [2.45, 2.75) is 64.3 Å². The van der Waals surface area contributed by atoms with Crippen LogP contribution in [-0.2, 0) is 29.0 Å². The normalized spacial score (nSPS) is 16.4. The van der Waals surface area contributed by atoms with E-state index in [0.29, 0.717) is 48.8 Å².